The van der Waals surface area contributed by atoms with Gasteiger partial charge in [-0.05, 0) is 41.5 Å². The van der Waals surface area contributed by atoms with Gasteiger partial charge in [0.15, 0.2) is 0 Å². The molecule has 3 atom stereocenters. The second kappa shape index (κ2) is 10.5. The Kier molecular flexibility index (Phi) is 7.30. The van der Waals surface area contributed by atoms with Gasteiger partial charge >= 0.3 is 12.1 Å². The van der Waals surface area contributed by atoms with Crippen LogP contribution in [0.2, 0.25) is 0 Å². The summed E-state index contributed by atoms with van der Waals surface area (Å²) in [6, 6.07) is 15.6. The van der Waals surface area contributed by atoms with Gasteiger partial charge in [-0.25, -0.2) is 4.79 Å². The number of fused-ring (bicyclic) bond motifs is 3. The molecule has 0 saturated carbocycles. The third-order valence-corrected chi connectivity index (χ3v) is 6.61. The van der Waals surface area contributed by atoms with Crippen LogP contribution in [0.15, 0.2) is 60.7 Å². The molecule has 3 N–H and O–H groups in total. The Morgan fingerprint density at radius 3 is 2.32 bits per heavy atom. The minimum absolute atomic E-state index is 0.0150. The van der Waals surface area contributed by atoms with E-state index < -0.39 is 18.1 Å². The van der Waals surface area contributed by atoms with Gasteiger partial charge < -0.3 is 20.5 Å². The van der Waals surface area contributed by atoms with Gasteiger partial charge in [0.2, 0.25) is 5.91 Å². The van der Waals surface area contributed by atoms with Crippen LogP contribution < -0.4 is 10.6 Å². The molecule has 2 aliphatic carbocycles. The summed E-state index contributed by atoms with van der Waals surface area (Å²) in [5, 5.41) is 14.7. The van der Waals surface area contributed by atoms with Gasteiger partial charge in [-0.1, -0.05) is 67.6 Å². The van der Waals surface area contributed by atoms with Crippen molar-refractivity contribution < 1.29 is 24.2 Å². The van der Waals surface area contributed by atoms with Crippen LogP contribution in [-0.4, -0.2) is 41.8 Å². The first-order chi connectivity index (χ1) is 16.5. The maximum atomic E-state index is 12.6. The Balaban J connectivity index is 1.32. The largest absolute Gasteiger partial charge is 0.481 e. The quantitative estimate of drug-likeness (QED) is 0.509. The topological polar surface area (TPSA) is 105 Å². The lowest BCUT2D eigenvalue weighted by molar-refractivity contribution is -0.137. The molecule has 0 spiro atoms. The molecule has 3 unspecified atom stereocenters. The molecule has 178 valence electrons. The number of ether oxygens (including phenoxy) is 1. The van der Waals surface area contributed by atoms with Gasteiger partial charge in [0.25, 0.3) is 0 Å². The highest BCUT2D eigenvalue weighted by Crippen LogP contribution is 2.44. The number of alkyl carbamates (subject to hydrolysis) is 1. The van der Waals surface area contributed by atoms with Crippen molar-refractivity contribution in [2.45, 2.75) is 50.6 Å². The van der Waals surface area contributed by atoms with Crippen LogP contribution in [0.5, 0.6) is 0 Å². The second-order valence-corrected chi connectivity index (χ2v) is 8.88. The first-order valence-electron chi connectivity index (χ1n) is 11.8. The molecular weight excluding hydrogens is 432 g/mol. The summed E-state index contributed by atoms with van der Waals surface area (Å²) in [5.41, 5.74) is 4.64. The Hall–Kier alpha value is -3.61. The van der Waals surface area contributed by atoms with Crippen LogP contribution in [0.3, 0.4) is 0 Å². The zero-order valence-electron chi connectivity index (χ0n) is 19.2. The van der Waals surface area contributed by atoms with Crippen molar-refractivity contribution in [1.29, 1.82) is 0 Å². The molecule has 2 aromatic rings. The minimum atomic E-state index is -0.939. The number of rotatable bonds is 8. The molecule has 0 aromatic heterocycles. The van der Waals surface area contributed by atoms with Crippen LogP contribution in [0.4, 0.5) is 4.79 Å². The van der Waals surface area contributed by atoms with Crippen LogP contribution in [0.1, 0.15) is 49.7 Å². The van der Waals surface area contributed by atoms with Gasteiger partial charge in [0, 0.05) is 17.9 Å². The van der Waals surface area contributed by atoms with E-state index in [4.69, 9.17) is 9.84 Å². The van der Waals surface area contributed by atoms with Crippen LogP contribution in [0, 0.1) is 5.92 Å². The highest BCUT2D eigenvalue weighted by atomic mass is 16.5. The van der Waals surface area contributed by atoms with Gasteiger partial charge in [-0.3, -0.25) is 9.59 Å². The fourth-order valence-corrected chi connectivity index (χ4v) is 4.83. The van der Waals surface area contributed by atoms with E-state index >= 15 is 0 Å². The molecule has 4 rings (SSSR count). The number of carboxylic acids is 1. The number of allylic oxidation sites excluding steroid dienone is 1. The van der Waals surface area contributed by atoms with E-state index in [0.29, 0.717) is 19.3 Å². The van der Waals surface area contributed by atoms with Crippen molar-refractivity contribution >= 4 is 18.0 Å². The standard InChI is InChI=1S/C27H30N2O5/c1-2-18(15-25(30)31)28-26(32)17-8-7-9-19(14-17)29-27(33)34-16-24-22-12-5-3-10-20(22)21-11-4-6-13-23(21)24/h3-7,9-13,17-19,24H,2,8,14-16H2,1H3,(H,28,32)(H,29,33)(H,30,31). The minimum Gasteiger partial charge on any atom is -0.481 e. The molecule has 0 aliphatic heterocycles. The highest BCUT2D eigenvalue weighted by Gasteiger charge is 2.30. The van der Waals surface area contributed by atoms with Crippen molar-refractivity contribution in [2.24, 2.45) is 5.92 Å². The third-order valence-electron chi connectivity index (χ3n) is 6.61. The van der Waals surface area contributed by atoms with Crippen molar-refractivity contribution in [3.05, 3.63) is 71.8 Å². The summed E-state index contributed by atoms with van der Waals surface area (Å²) in [4.78, 5) is 36.2. The smallest absolute Gasteiger partial charge is 0.407 e. The van der Waals surface area contributed by atoms with Crippen LogP contribution in [0.25, 0.3) is 11.1 Å². The summed E-state index contributed by atoms with van der Waals surface area (Å²) in [7, 11) is 0. The van der Waals surface area contributed by atoms with Gasteiger partial charge in [-0.15, -0.1) is 0 Å². The molecular formula is C27H30N2O5. The molecule has 0 radical (unpaired) electrons. The van der Waals surface area contributed by atoms with Crippen LogP contribution >= 0.6 is 0 Å². The fourth-order valence-electron chi connectivity index (χ4n) is 4.83. The first-order valence-corrected chi connectivity index (χ1v) is 11.8. The van der Waals surface area contributed by atoms with Crippen molar-refractivity contribution in [2.75, 3.05) is 6.61 Å². The predicted molar refractivity (Wildman–Crippen MR) is 128 cm³/mol. The Labute approximate surface area is 199 Å². The molecule has 2 amide bonds. The number of hydrogen-bond donors (Lipinski definition) is 3. The number of amides is 2. The summed E-state index contributed by atoms with van der Waals surface area (Å²) in [6.07, 6.45) is 4.66. The van der Waals surface area contributed by atoms with Gasteiger partial charge in [0.05, 0.1) is 12.5 Å². The SMILES string of the molecule is CCC(CC(=O)O)NC(=O)C1CC=CC(NC(=O)OCC2c3ccccc3-c3ccccc32)C1. The van der Waals surface area contributed by atoms with E-state index in [2.05, 4.69) is 34.9 Å². The maximum absolute atomic E-state index is 12.6. The molecule has 7 heteroatoms. The number of benzene rings is 2. The average molecular weight is 463 g/mol. The molecule has 2 aliphatic rings. The molecule has 0 fully saturated rings. The lowest BCUT2D eigenvalue weighted by Gasteiger charge is -2.26. The number of carboxylic acid groups (broad SMARTS) is 1. The fraction of sp³-hybridized carbons (Fsp3) is 0.370. The Bertz CT molecular complexity index is 1050. The van der Waals surface area contributed by atoms with Crippen LogP contribution in [-0.2, 0) is 14.3 Å². The zero-order valence-corrected chi connectivity index (χ0v) is 19.2. The second-order valence-electron chi connectivity index (χ2n) is 8.88. The van der Waals surface area contributed by atoms with E-state index in [1.165, 1.54) is 11.1 Å². The molecule has 0 bridgehead atoms. The number of carbonyl (C=O) groups is 3. The number of aliphatic carboxylic acids is 1. The van der Waals surface area contributed by atoms with E-state index in [1.54, 1.807) is 0 Å². The summed E-state index contributed by atoms with van der Waals surface area (Å²) in [6.45, 7) is 2.07. The Morgan fingerprint density at radius 1 is 1.06 bits per heavy atom. The molecule has 7 nitrogen and oxygen atoms in total. The highest BCUT2D eigenvalue weighted by molar-refractivity contribution is 5.81. The lowest BCUT2D eigenvalue weighted by atomic mass is 9.90. The molecule has 34 heavy (non-hydrogen) atoms. The predicted octanol–water partition coefficient (Wildman–Crippen LogP) is 4.23. The van der Waals surface area contributed by atoms with Gasteiger partial charge in [-0.2, -0.15) is 0 Å². The van der Waals surface area contributed by atoms with Gasteiger partial charge in [0.1, 0.15) is 6.61 Å². The molecule has 2 aromatic carbocycles. The monoisotopic (exact) mass is 462 g/mol. The normalized spacial score (nSPS) is 19.6. The Morgan fingerprint density at radius 2 is 1.71 bits per heavy atom. The zero-order chi connectivity index (χ0) is 24.1. The molecule has 0 heterocycles. The first kappa shape index (κ1) is 23.5. The maximum Gasteiger partial charge on any atom is 0.407 e. The van der Waals surface area contributed by atoms with E-state index in [0.717, 1.165) is 11.1 Å². The van der Waals surface area contributed by atoms with Crippen molar-refractivity contribution in [1.82, 2.24) is 10.6 Å². The molecule has 0 saturated heterocycles. The summed E-state index contributed by atoms with van der Waals surface area (Å²) in [5.74, 6) is -1.47. The lowest BCUT2D eigenvalue weighted by Crippen LogP contribution is -2.44. The number of carbonyl (C=O) groups excluding carboxylic acids is 2. The van der Waals surface area contributed by atoms with E-state index in [1.807, 2.05) is 43.3 Å². The summed E-state index contributed by atoms with van der Waals surface area (Å²) < 4.78 is 5.61. The average Bonchev–Trinajstić information content (AvgIpc) is 3.16. The third kappa shape index (κ3) is 5.30. The van der Waals surface area contributed by atoms with E-state index in [9.17, 15) is 14.4 Å². The van der Waals surface area contributed by atoms with Crippen molar-refractivity contribution in [3.8, 4) is 11.1 Å². The summed E-state index contributed by atoms with van der Waals surface area (Å²) >= 11 is 0. The number of hydrogen-bond acceptors (Lipinski definition) is 4. The van der Waals surface area contributed by atoms with Crippen molar-refractivity contribution in [3.63, 3.8) is 0 Å². The van der Waals surface area contributed by atoms with E-state index in [-0.39, 0.29) is 36.8 Å². The number of nitrogens with one attached hydrogen (secondary N) is 2.